The largest absolute Gasteiger partial charge is 0.454 e. The van der Waals surface area contributed by atoms with Crippen LogP contribution in [0.4, 0.5) is 0 Å². The molecule has 0 aromatic heterocycles. The second kappa shape index (κ2) is 8.36. The molecule has 17 heavy (non-hydrogen) atoms. The Bertz CT molecular complexity index is 189. The van der Waals surface area contributed by atoms with E-state index in [0.29, 0.717) is 13.1 Å². The molecule has 7 heteroatoms. The van der Waals surface area contributed by atoms with Crippen LogP contribution in [0.5, 0.6) is 0 Å². The van der Waals surface area contributed by atoms with Crippen LogP contribution in [0.2, 0.25) is 26.2 Å². The molecular formula is C10H30N4OSi2. The van der Waals surface area contributed by atoms with Crippen molar-refractivity contribution in [3.63, 3.8) is 0 Å². The Hall–Kier alpha value is 0.234. The molecule has 0 aliphatic carbocycles. The van der Waals surface area contributed by atoms with Crippen LogP contribution < -0.4 is 22.1 Å². The Morgan fingerprint density at radius 1 is 0.882 bits per heavy atom. The highest BCUT2D eigenvalue weighted by molar-refractivity contribution is 6.85. The number of rotatable bonds is 10. The van der Waals surface area contributed by atoms with Gasteiger partial charge in [-0.15, -0.1) is 0 Å². The van der Waals surface area contributed by atoms with Crippen molar-refractivity contribution in [2.24, 2.45) is 11.5 Å². The average molecular weight is 279 g/mol. The van der Waals surface area contributed by atoms with Crippen LogP contribution >= 0.6 is 0 Å². The zero-order chi connectivity index (χ0) is 13.4. The molecule has 0 fully saturated rings. The highest BCUT2D eigenvalue weighted by Gasteiger charge is 2.33. The summed E-state index contributed by atoms with van der Waals surface area (Å²) in [5.41, 5.74) is 11.0. The SMILES string of the molecule is C[Si](C)(C)O[Si](C)(CNCCN)CNCCN. The molecule has 0 unspecified atom stereocenters. The second-order valence-electron chi connectivity index (χ2n) is 5.60. The van der Waals surface area contributed by atoms with E-state index in [0.717, 1.165) is 25.4 Å². The van der Waals surface area contributed by atoms with E-state index in [4.69, 9.17) is 15.6 Å². The molecule has 0 heterocycles. The fourth-order valence-corrected chi connectivity index (χ4v) is 9.81. The average Bonchev–Trinajstić information content (AvgIpc) is 2.15. The maximum Gasteiger partial charge on any atom is 0.204 e. The van der Waals surface area contributed by atoms with Crippen molar-refractivity contribution in [3.8, 4) is 0 Å². The van der Waals surface area contributed by atoms with Crippen LogP contribution in [-0.4, -0.2) is 55.1 Å². The summed E-state index contributed by atoms with van der Waals surface area (Å²) in [5.74, 6) is 0. The Morgan fingerprint density at radius 2 is 1.29 bits per heavy atom. The Labute approximate surface area is 108 Å². The zero-order valence-corrected chi connectivity index (χ0v) is 13.8. The molecule has 6 N–H and O–H groups in total. The Kier molecular flexibility index (Phi) is 8.47. The zero-order valence-electron chi connectivity index (χ0n) is 11.8. The lowest BCUT2D eigenvalue weighted by molar-refractivity contribution is 0.517. The van der Waals surface area contributed by atoms with E-state index in [1.54, 1.807) is 0 Å². The van der Waals surface area contributed by atoms with Crippen molar-refractivity contribution < 1.29 is 4.12 Å². The fraction of sp³-hybridized carbons (Fsp3) is 1.00. The van der Waals surface area contributed by atoms with Crippen LogP contribution in [0.15, 0.2) is 0 Å². The lowest BCUT2D eigenvalue weighted by Gasteiger charge is -2.35. The number of nitrogens with one attached hydrogen (secondary N) is 2. The third kappa shape index (κ3) is 9.89. The van der Waals surface area contributed by atoms with E-state index in [1.807, 2.05) is 0 Å². The summed E-state index contributed by atoms with van der Waals surface area (Å²) in [7, 11) is -3.22. The lowest BCUT2D eigenvalue weighted by Crippen LogP contribution is -2.58. The summed E-state index contributed by atoms with van der Waals surface area (Å²) in [4.78, 5) is 0. The molecule has 0 spiro atoms. The Balaban J connectivity index is 4.24. The number of nitrogens with two attached hydrogens (primary N) is 2. The highest BCUT2D eigenvalue weighted by atomic mass is 28.4. The molecular weight excluding hydrogens is 248 g/mol. The molecule has 0 radical (unpaired) electrons. The minimum atomic E-state index is -1.73. The van der Waals surface area contributed by atoms with Crippen molar-refractivity contribution in [1.82, 2.24) is 10.6 Å². The number of hydrogen-bond acceptors (Lipinski definition) is 5. The quantitative estimate of drug-likeness (QED) is 0.322. The van der Waals surface area contributed by atoms with Gasteiger partial charge in [0.2, 0.25) is 8.32 Å². The lowest BCUT2D eigenvalue weighted by atomic mass is 10.7. The summed E-state index contributed by atoms with van der Waals surface area (Å²) < 4.78 is 6.39. The maximum atomic E-state index is 6.39. The third-order valence-electron chi connectivity index (χ3n) is 2.19. The monoisotopic (exact) mass is 278 g/mol. The van der Waals surface area contributed by atoms with Gasteiger partial charge in [-0.25, -0.2) is 0 Å². The van der Waals surface area contributed by atoms with E-state index < -0.39 is 16.6 Å². The van der Waals surface area contributed by atoms with Gasteiger partial charge in [0.1, 0.15) is 0 Å². The predicted octanol–water partition coefficient (Wildman–Crippen LogP) is -0.412. The van der Waals surface area contributed by atoms with Crippen molar-refractivity contribution in [1.29, 1.82) is 0 Å². The standard InChI is InChI=1S/C10H30N4OSi2/c1-16(2,3)15-17(4,9-13-7-5-11)10-14-8-6-12/h13-14H,5-12H2,1-4H3. The topological polar surface area (TPSA) is 85.3 Å². The molecule has 5 nitrogen and oxygen atoms in total. The first-order valence-corrected chi connectivity index (χ1v) is 12.6. The summed E-state index contributed by atoms with van der Waals surface area (Å²) in [5, 5.41) is 6.78. The van der Waals surface area contributed by atoms with Gasteiger partial charge in [-0.05, 0) is 26.2 Å². The molecule has 0 saturated heterocycles. The van der Waals surface area contributed by atoms with Crippen LogP contribution in [-0.2, 0) is 4.12 Å². The van der Waals surface area contributed by atoms with Gasteiger partial charge in [0.05, 0.1) is 0 Å². The van der Waals surface area contributed by atoms with Gasteiger partial charge >= 0.3 is 0 Å². The van der Waals surface area contributed by atoms with E-state index in [1.165, 1.54) is 0 Å². The minimum absolute atomic E-state index is 0.674. The Morgan fingerprint density at radius 3 is 1.59 bits per heavy atom. The van der Waals surface area contributed by atoms with E-state index in [-0.39, 0.29) is 0 Å². The first-order chi connectivity index (χ1) is 7.83. The minimum Gasteiger partial charge on any atom is -0.454 e. The van der Waals surface area contributed by atoms with Crippen molar-refractivity contribution in [3.05, 3.63) is 0 Å². The van der Waals surface area contributed by atoms with Gasteiger partial charge in [-0.3, -0.25) is 0 Å². The van der Waals surface area contributed by atoms with E-state index >= 15 is 0 Å². The van der Waals surface area contributed by atoms with Crippen molar-refractivity contribution >= 4 is 16.6 Å². The first kappa shape index (κ1) is 17.2. The molecule has 0 aromatic rings. The summed E-state index contributed by atoms with van der Waals surface area (Å²) >= 11 is 0. The summed E-state index contributed by atoms with van der Waals surface area (Å²) in [6.45, 7) is 12.1. The van der Waals surface area contributed by atoms with Crippen LogP contribution in [0, 0.1) is 0 Å². The molecule has 0 saturated carbocycles. The summed E-state index contributed by atoms with van der Waals surface area (Å²) in [6.07, 6.45) is 1.90. The molecule has 0 aromatic carbocycles. The van der Waals surface area contributed by atoms with E-state index in [2.05, 4.69) is 36.8 Å². The predicted molar refractivity (Wildman–Crippen MR) is 79.9 cm³/mol. The van der Waals surface area contributed by atoms with Crippen LogP contribution in [0.3, 0.4) is 0 Å². The summed E-state index contributed by atoms with van der Waals surface area (Å²) in [6, 6.07) is 0. The molecule has 0 bridgehead atoms. The normalized spacial score (nSPS) is 13.1. The molecule has 0 amide bonds. The molecule has 104 valence electrons. The fourth-order valence-electron chi connectivity index (χ4n) is 1.78. The van der Waals surface area contributed by atoms with Gasteiger partial charge in [0, 0.05) is 38.5 Å². The van der Waals surface area contributed by atoms with Gasteiger partial charge in [-0.1, -0.05) is 0 Å². The van der Waals surface area contributed by atoms with Gasteiger partial charge in [-0.2, -0.15) is 0 Å². The molecule has 0 aliphatic rings. The molecule has 0 aliphatic heterocycles. The van der Waals surface area contributed by atoms with Gasteiger partial charge in [0.15, 0.2) is 8.32 Å². The van der Waals surface area contributed by atoms with Gasteiger partial charge in [0.25, 0.3) is 0 Å². The number of hydrogen-bond donors (Lipinski definition) is 4. The van der Waals surface area contributed by atoms with E-state index in [9.17, 15) is 0 Å². The first-order valence-electron chi connectivity index (χ1n) is 6.35. The molecule has 0 rings (SSSR count). The highest BCUT2D eigenvalue weighted by Crippen LogP contribution is 2.12. The van der Waals surface area contributed by atoms with Crippen molar-refractivity contribution in [2.75, 3.05) is 38.5 Å². The smallest absolute Gasteiger partial charge is 0.204 e. The van der Waals surface area contributed by atoms with Gasteiger partial charge < -0.3 is 26.2 Å². The third-order valence-corrected chi connectivity index (χ3v) is 8.61. The second-order valence-corrected chi connectivity index (χ2v) is 14.2. The van der Waals surface area contributed by atoms with Crippen LogP contribution in [0.25, 0.3) is 0 Å². The maximum absolute atomic E-state index is 6.39. The van der Waals surface area contributed by atoms with Crippen molar-refractivity contribution in [2.45, 2.75) is 26.2 Å². The van der Waals surface area contributed by atoms with Crippen LogP contribution in [0.1, 0.15) is 0 Å². The molecule has 0 atom stereocenters.